The fourth-order valence-corrected chi connectivity index (χ4v) is 4.56. The second kappa shape index (κ2) is 9.22. The van der Waals surface area contributed by atoms with Crippen molar-refractivity contribution in [2.45, 2.75) is 18.9 Å². The smallest absolute Gasteiger partial charge is 0.261 e. The molecule has 3 heterocycles. The molecule has 0 aliphatic carbocycles. The Balaban J connectivity index is 1.47. The Bertz CT molecular complexity index is 1050. The Kier molecular flexibility index (Phi) is 6.43. The van der Waals surface area contributed by atoms with Crippen LogP contribution in [0.3, 0.4) is 0 Å². The maximum atomic E-state index is 13.4. The highest BCUT2D eigenvalue weighted by atomic mass is 35.5. The number of likely N-dealkylation sites (tertiary alicyclic amines) is 1. The summed E-state index contributed by atoms with van der Waals surface area (Å²) in [5.74, 6) is -0.101. The highest BCUT2D eigenvalue weighted by molar-refractivity contribution is 7.20. The van der Waals surface area contributed by atoms with Crippen LogP contribution in [0.1, 0.15) is 22.5 Å². The largest absolute Gasteiger partial charge is 0.395 e. The second-order valence-electron chi connectivity index (χ2n) is 7.12. The number of aliphatic hydroxyl groups excluding tert-OH is 1. The lowest BCUT2D eigenvalue weighted by Gasteiger charge is -2.31. The molecule has 30 heavy (non-hydrogen) atoms. The molecule has 1 fully saturated rings. The van der Waals surface area contributed by atoms with Gasteiger partial charge in [-0.15, -0.1) is 11.3 Å². The van der Waals surface area contributed by atoms with Gasteiger partial charge in [0, 0.05) is 31.4 Å². The van der Waals surface area contributed by atoms with E-state index in [0.29, 0.717) is 33.1 Å². The number of aliphatic hydroxyl groups is 1. The zero-order chi connectivity index (χ0) is 21.1. The van der Waals surface area contributed by atoms with Gasteiger partial charge in [-0.1, -0.05) is 11.6 Å². The average Bonchev–Trinajstić information content (AvgIpc) is 3.18. The van der Waals surface area contributed by atoms with Crippen molar-refractivity contribution in [3.05, 3.63) is 46.3 Å². The molecule has 1 aliphatic heterocycles. The number of hydrogen-bond acceptors (Lipinski definition) is 7. The number of nitrogens with one attached hydrogen (secondary N) is 2. The molecule has 0 atom stereocenters. The third kappa shape index (κ3) is 4.70. The number of anilines is 2. The van der Waals surface area contributed by atoms with Gasteiger partial charge in [-0.2, -0.15) is 0 Å². The first-order valence-electron chi connectivity index (χ1n) is 9.64. The average molecular weight is 450 g/mol. The van der Waals surface area contributed by atoms with Gasteiger partial charge < -0.3 is 20.6 Å². The quantitative estimate of drug-likeness (QED) is 0.534. The zero-order valence-electron chi connectivity index (χ0n) is 16.1. The molecule has 4 rings (SSSR count). The van der Waals surface area contributed by atoms with Crippen molar-refractivity contribution in [3.8, 4) is 0 Å². The summed E-state index contributed by atoms with van der Waals surface area (Å²) in [4.78, 5) is 24.7. The van der Waals surface area contributed by atoms with Gasteiger partial charge in [-0.25, -0.2) is 14.4 Å². The number of benzene rings is 1. The Labute approximate surface area is 181 Å². The van der Waals surface area contributed by atoms with Crippen LogP contribution in [0.15, 0.2) is 30.6 Å². The van der Waals surface area contributed by atoms with Crippen molar-refractivity contribution in [3.63, 3.8) is 0 Å². The van der Waals surface area contributed by atoms with Crippen LogP contribution in [0.25, 0.3) is 10.2 Å². The van der Waals surface area contributed by atoms with Crippen LogP contribution in [-0.4, -0.2) is 58.2 Å². The Morgan fingerprint density at radius 3 is 2.83 bits per heavy atom. The fraction of sp³-hybridized carbons (Fsp3) is 0.350. The second-order valence-corrected chi connectivity index (χ2v) is 8.56. The van der Waals surface area contributed by atoms with Crippen LogP contribution in [0, 0.1) is 5.82 Å². The summed E-state index contributed by atoms with van der Waals surface area (Å²) in [5, 5.41) is 16.0. The SMILES string of the molecule is O=C(NC1CCN(CCO)CC1)c1cc2c(Nc3ccc(F)c(Cl)c3)ncnc2s1. The number of carbonyl (C=O) groups excluding carboxylic acids is 1. The number of hydrogen-bond donors (Lipinski definition) is 3. The van der Waals surface area contributed by atoms with Gasteiger partial charge in [0.05, 0.1) is 21.9 Å². The first-order chi connectivity index (χ1) is 14.5. The van der Waals surface area contributed by atoms with E-state index < -0.39 is 5.82 Å². The summed E-state index contributed by atoms with van der Waals surface area (Å²) in [5.41, 5.74) is 0.591. The molecule has 0 saturated carbocycles. The number of thiophene rings is 1. The minimum absolute atomic E-state index is 0.0146. The molecular formula is C20H21ClFN5O2S. The Morgan fingerprint density at radius 1 is 1.30 bits per heavy atom. The van der Waals surface area contributed by atoms with E-state index in [1.165, 1.54) is 29.8 Å². The predicted octanol–water partition coefficient (Wildman–Crippen LogP) is 3.41. The van der Waals surface area contributed by atoms with Gasteiger partial charge in [0.2, 0.25) is 0 Å². The number of piperidine rings is 1. The first kappa shape index (κ1) is 20.9. The van der Waals surface area contributed by atoms with Gasteiger partial charge in [-0.05, 0) is 37.1 Å². The molecule has 1 aliphatic rings. The van der Waals surface area contributed by atoms with E-state index in [2.05, 4.69) is 25.5 Å². The molecule has 2 aromatic heterocycles. The molecule has 10 heteroatoms. The highest BCUT2D eigenvalue weighted by Crippen LogP contribution is 2.31. The lowest BCUT2D eigenvalue weighted by atomic mass is 10.1. The molecule has 158 valence electrons. The van der Waals surface area contributed by atoms with E-state index in [4.69, 9.17) is 16.7 Å². The van der Waals surface area contributed by atoms with E-state index >= 15 is 0 Å². The zero-order valence-corrected chi connectivity index (χ0v) is 17.6. The van der Waals surface area contributed by atoms with Crippen molar-refractivity contribution in [1.82, 2.24) is 20.2 Å². The van der Waals surface area contributed by atoms with Gasteiger partial charge in [0.25, 0.3) is 5.91 Å². The molecule has 1 aromatic carbocycles. The summed E-state index contributed by atoms with van der Waals surface area (Å²) < 4.78 is 13.4. The van der Waals surface area contributed by atoms with Crippen LogP contribution < -0.4 is 10.6 Å². The molecule has 1 saturated heterocycles. The number of rotatable bonds is 6. The number of nitrogens with zero attached hydrogens (tertiary/aromatic N) is 3. The molecule has 3 aromatic rings. The van der Waals surface area contributed by atoms with Crippen molar-refractivity contribution in [2.24, 2.45) is 0 Å². The standard InChI is InChI=1S/C20H21ClFN5O2S/c21-15-9-13(1-2-16(15)22)25-18-14-10-17(30-20(14)24-11-23-18)19(29)26-12-3-5-27(6-4-12)7-8-28/h1-2,9-12,28H,3-8H2,(H,26,29)(H,23,24,25). The molecule has 0 radical (unpaired) electrons. The summed E-state index contributed by atoms with van der Waals surface area (Å²) in [6.45, 7) is 2.54. The number of halogens is 2. The summed E-state index contributed by atoms with van der Waals surface area (Å²) in [6.07, 6.45) is 3.13. The van der Waals surface area contributed by atoms with Crippen molar-refractivity contribution >= 4 is 50.6 Å². The lowest BCUT2D eigenvalue weighted by Crippen LogP contribution is -2.45. The molecule has 0 bridgehead atoms. The van der Waals surface area contributed by atoms with Crippen LogP contribution in [-0.2, 0) is 0 Å². The first-order valence-corrected chi connectivity index (χ1v) is 10.8. The Morgan fingerprint density at radius 2 is 2.10 bits per heavy atom. The maximum Gasteiger partial charge on any atom is 0.261 e. The summed E-state index contributed by atoms with van der Waals surface area (Å²) in [6, 6.07) is 6.21. The third-order valence-corrected chi connectivity index (χ3v) is 6.41. The number of carbonyl (C=O) groups is 1. The minimum Gasteiger partial charge on any atom is -0.395 e. The topological polar surface area (TPSA) is 90.4 Å². The van der Waals surface area contributed by atoms with Crippen molar-refractivity contribution < 1.29 is 14.3 Å². The van der Waals surface area contributed by atoms with Crippen LogP contribution in [0.5, 0.6) is 0 Å². The van der Waals surface area contributed by atoms with Crippen molar-refractivity contribution in [2.75, 3.05) is 31.6 Å². The van der Waals surface area contributed by atoms with E-state index in [9.17, 15) is 9.18 Å². The maximum absolute atomic E-state index is 13.4. The van der Waals surface area contributed by atoms with Gasteiger partial charge in [-0.3, -0.25) is 4.79 Å². The van der Waals surface area contributed by atoms with E-state index in [0.717, 1.165) is 25.9 Å². The van der Waals surface area contributed by atoms with Crippen LogP contribution in [0.4, 0.5) is 15.9 Å². The highest BCUT2D eigenvalue weighted by Gasteiger charge is 2.22. The molecule has 7 nitrogen and oxygen atoms in total. The summed E-state index contributed by atoms with van der Waals surface area (Å²) in [7, 11) is 0. The van der Waals surface area contributed by atoms with Gasteiger partial charge in [0.15, 0.2) is 0 Å². The summed E-state index contributed by atoms with van der Waals surface area (Å²) >= 11 is 7.15. The van der Waals surface area contributed by atoms with E-state index in [-0.39, 0.29) is 23.6 Å². The molecule has 3 N–H and O–H groups in total. The number of amides is 1. The van der Waals surface area contributed by atoms with Crippen LogP contribution >= 0.6 is 22.9 Å². The predicted molar refractivity (Wildman–Crippen MR) is 116 cm³/mol. The van der Waals surface area contributed by atoms with Crippen LogP contribution in [0.2, 0.25) is 5.02 Å². The molecule has 1 amide bonds. The van der Waals surface area contributed by atoms with E-state index in [1.807, 2.05) is 0 Å². The third-order valence-electron chi connectivity index (χ3n) is 5.07. The number of β-amino-alcohol motifs (C(OH)–C–C–N with tert-alkyl or cyclic N) is 1. The monoisotopic (exact) mass is 449 g/mol. The lowest BCUT2D eigenvalue weighted by molar-refractivity contribution is 0.0907. The Hall–Kier alpha value is -2.33. The normalized spacial score (nSPS) is 15.4. The number of aromatic nitrogens is 2. The van der Waals surface area contributed by atoms with Gasteiger partial charge in [0.1, 0.15) is 22.8 Å². The van der Waals surface area contributed by atoms with E-state index in [1.54, 1.807) is 12.1 Å². The molecule has 0 unspecified atom stereocenters. The molecule has 0 spiro atoms. The minimum atomic E-state index is -0.494. The number of fused-ring (bicyclic) bond motifs is 1. The van der Waals surface area contributed by atoms with Gasteiger partial charge >= 0.3 is 0 Å². The van der Waals surface area contributed by atoms with Crippen molar-refractivity contribution in [1.29, 1.82) is 0 Å². The molecular weight excluding hydrogens is 429 g/mol. The fourth-order valence-electron chi connectivity index (χ4n) is 3.48.